The molecule has 27 heavy (non-hydrogen) atoms. The SMILES string of the molecule is COc1ccc2oc(-c3ccccc3)cc(=Nc3cc(C)ccc3O)c2c1. The molecule has 0 saturated carbocycles. The number of ether oxygens (including phenoxy) is 1. The van der Waals surface area contributed by atoms with Crippen molar-refractivity contribution in [2.24, 2.45) is 4.99 Å². The van der Waals surface area contributed by atoms with Crippen molar-refractivity contribution in [3.05, 3.63) is 83.7 Å². The summed E-state index contributed by atoms with van der Waals surface area (Å²) in [6.07, 6.45) is 0. The second-order valence-electron chi connectivity index (χ2n) is 6.33. The van der Waals surface area contributed by atoms with Gasteiger partial charge in [0.2, 0.25) is 0 Å². The van der Waals surface area contributed by atoms with Gasteiger partial charge in [-0.2, -0.15) is 0 Å². The molecule has 0 spiro atoms. The predicted molar refractivity (Wildman–Crippen MR) is 106 cm³/mol. The Balaban J connectivity index is 2.04. The van der Waals surface area contributed by atoms with Gasteiger partial charge in [-0.1, -0.05) is 36.4 Å². The number of aromatic hydroxyl groups is 1. The second-order valence-corrected chi connectivity index (χ2v) is 6.33. The normalized spacial score (nSPS) is 11.7. The third-order valence-corrected chi connectivity index (χ3v) is 4.38. The average Bonchev–Trinajstić information content (AvgIpc) is 2.71. The van der Waals surface area contributed by atoms with Gasteiger partial charge in [0.15, 0.2) is 0 Å². The van der Waals surface area contributed by atoms with Gasteiger partial charge in [0.25, 0.3) is 0 Å². The fourth-order valence-electron chi connectivity index (χ4n) is 2.97. The largest absolute Gasteiger partial charge is 0.506 e. The van der Waals surface area contributed by atoms with Crippen molar-refractivity contribution in [3.8, 4) is 22.8 Å². The number of phenolic OH excluding ortho intramolecular Hbond substituents is 1. The summed E-state index contributed by atoms with van der Waals surface area (Å²) in [4.78, 5) is 4.73. The number of methoxy groups -OCH3 is 1. The summed E-state index contributed by atoms with van der Waals surface area (Å²) in [6, 6.07) is 22.7. The maximum absolute atomic E-state index is 10.2. The van der Waals surface area contributed by atoms with Gasteiger partial charge in [-0.05, 0) is 42.8 Å². The molecule has 0 aliphatic heterocycles. The maximum Gasteiger partial charge on any atom is 0.141 e. The number of aryl methyl sites for hydroxylation is 1. The van der Waals surface area contributed by atoms with Gasteiger partial charge >= 0.3 is 0 Å². The molecule has 4 rings (SSSR count). The summed E-state index contributed by atoms with van der Waals surface area (Å²) in [5.74, 6) is 1.56. The van der Waals surface area contributed by atoms with Gasteiger partial charge in [0.05, 0.1) is 12.5 Å². The van der Waals surface area contributed by atoms with E-state index in [2.05, 4.69) is 0 Å². The highest BCUT2D eigenvalue weighted by molar-refractivity contribution is 5.80. The summed E-state index contributed by atoms with van der Waals surface area (Å²) in [5, 5.41) is 11.7. The number of hydrogen-bond donors (Lipinski definition) is 1. The van der Waals surface area contributed by atoms with Crippen molar-refractivity contribution in [2.75, 3.05) is 7.11 Å². The highest BCUT2D eigenvalue weighted by Crippen LogP contribution is 2.28. The molecule has 0 radical (unpaired) electrons. The van der Waals surface area contributed by atoms with E-state index >= 15 is 0 Å². The monoisotopic (exact) mass is 357 g/mol. The molecule has 0 aliphatic carbocycles. The molecule has 0 unspecified atom stereocenters. The Morgan fingerprint density at radius 1 is 0.926 bits per heavy atom. The molecule has 4 aromatic rings. The number of benzene rings is 3. The number of rotatable bonds is 3. The maximum atomic E-state index is 10.2. The third kappa shape index (κ3) is 3.42. The van der Waals surface area contributed by atoms with Crippen LogP contribution >= 0.6 is 0 Å². The van der Waals surface area contributed by atoms with E-state index in [4.69, 9.17) is 14.1 Å². The van der Waals surface area contributed by atoms with E-state index in [9.17, 15) is 5.11 Å². The van der Waals surface area contributed by atoms with Crippen molar-refractivity contribution >= 4 is 16.7 Å². The van der Waals surface area contributed by atoms with E-state index in [0.29, 0.717) is 22.4 Å². The number of phenols is 1. The summed E-state index contributed by atoms with van der Waals surface area (Å²) in [6.45, 7) is 1.97. The zero-order chi connectivity index (χ0) is 18.8. The molecule has 0 amide bonds. The highest BCUT2D eigenvalue weighted by Gasteiger charge is 2.08. The van der Waals surface area contributed by atoms with Crippen LogP contribution in [0.25, 0.3) is 22.3 Å². The molecular formula is C23H19NO3. The number of fused-ring (bicyclic) bond motifs is 1. The zero-order valence-corrected chi connectivity index (χ0v) is 15.1. The van der Waals surface area contributed by atoms with Crippen LogP contribution in [-0.2, 0) is 0 Å². The number of hydrogen-bond acceptors (Lipinski definition) is 4. The Labute approximate surface area is 157 Å². The quantitative estimate of drug-likeness (QED) is 0.537. The first kappa shape index (κ1) is 16.9. The lowest BCUT2D eigenvalue weighted by atomic mass is 10.1. The molecule has 0 fully saturated rings. The van der Waals surface area contributed by atoms with Crippen molar-refractivity contribution in [1.29, 1.82) is 0 Å². The van der Waals surface area contributed by atoms with Gasteiger partial charge in [-0.3, -0.25) is 0 Å². The molecule has 1 aromatic heterocycles. The van der Waals surface area contributed by atoms with E-state index in [-0.39, 0.29) is 5.75 Å². The summed E-state index contributed by atoms with van der Waals surface area (Å²) < 4.78 is 11.5. The third-order valence-electron chi connectivity index (χ3n) is 4.38. The van der Waals surface area contributed by atoms with Crippen LogP contribution in [0.15, 0.2) is 82.2 Å². The molecule has 0 bridgehead atoms. The minimum atomic E-state index is 0.138. The fraction of sp³-hybridized carbons (Fsp3) is 0.0870. The van der Waals surface area contributed by atoms with E-state index in [1.165, 1.54) is 0 Å². The van der Waals surface area contributed by atoms with Crippen LogP contribution in [0.2, 0.25) is 0 Å². The van der Waals surface area contributed by atoms with Crippen LogP contribution < -0.4 is 10.1 Å². The first-order valence-electron chi connectivity index (χ1n) is 8.66. The lowest BCUT2D eigenvalue weighted by molar-refractivity contribution is 0.415. The standard InChI is InChI=1S/C23H19NO3/c1-15-8-10-21(25)20(12-15)24-19-14-23(16-6-4-3-5-7-16)27-22-11-9-17(26-2)13-18(19)22/h3-14,25H,1-2H3. The Hall–Kier alpha value is -3.53. The van der Waals surface area contributed by atoms with Crippen LogP contribution in [-0.4, -0.2) is 12.2 Å². The van der Waals surface area contributed by atoms with Crippen LogP contribution in [0.5, 0.6) is 11.5 Å². The summed E-state index contributed by atoms with van der Waals surface area (Å²) in [5.41, 5.74) is 3.20. The Kier molecular flexibility index (Phi) is 4.38. The van der Waals surface area contributed by atoms with E-state index in [0.717, 1.165) is 22.3 Å². The lowest BCUT2D eigenvalue weighted by Crippen LogP contribution is -2.03. The highest BCUT2D eigenvalue weighted by atomic mass is 16.5. The van der Waals surface area contributed by atoms with Crippen LogP contribution in [0.4, 0.5) is 5.69 Å². The van der Waals surface area contributed by atoms with E-state index in [1.54, 1.807) is 13.2 Å². The van der Waals surface area contributed by atoms with Gasteiger partial charge in [-0.15, -0.1) is 0 Å². The van der Waals surface area contributed by atoms with Gasteiger partial charge in [-0.25, -0.2) is 4.99 Å². The average molecular weight is 357 g/mol. The minimum absolute atomic E-state index is 0.138. The molecular weight excluding hydrogens is 338 g/mol. The second kappa shape index (κ2) is 7.00. The van der Waals surface area contributed by atoms with Crippen molar-refractivity contribution in [1.82, 2.24) is 0 Å². The first-order valence-corrected chi connectivity index (χ1v) is 8.66. The first-order chi connectivity index (χ1) is 13.1. The molecule has 0 atom stereocenters. The van der Waals surface area contributed by atoms with Gasteiger partial charge < -0.3 is 14.3 Å². The lowest BCUT2D eigenvalue weighted by Gasteiger charge is -2.07. The van der Waals surface area contributed by atoms with Crippen LogP contribution in [0.1, 0.15) is 5.56 Å². The number of nitrogens with zero attached hydrogens (tertiary/aromatic N) is 1. The van der Waals surface area contributed by atoms with Crippen molar-refractivity contribution < 1.29 is 14.3 Å². The van der Waals surface area contributed by atoms with E-state index in [1.807, 2.05) is 73.7 Å². The van der Waals surface area contributed by atoms with Crippen molar-refractivity contribution in [2.45, 2.75) is 6.92 Å². The molecule has 0 aliphatic rings. The zero-order valence-electron chi connectivity index (χ0n) is 15.1. The Morgan fingerprint density at radius 2 is 1.74 bits per heavy atom. The van der Waals surface area contributed by atoms with Crippen LogP contribution in [0, 0.1) is 6.92 Å². The smallest absolute Gasteiger partial charge is 0.141 e. The topological polar surface area (TPSA) is 55.0 Å². The summed E-state index contributed by atoms with van der Waals surface area (Å²) in [7, 11) is 1.62. The van der Waals surface area contributed by atoms with Gasteiger partial charge in [0, 0.05) is 17.0 Å². The molecule has 3 aromatic carbocycles. The Bertz CT molecular complexity index is 1180. The molecule has 4 heteroatoms. The molecule has 0 saturated heterocycles. The molecule has 1 heterocycles. The van der Waals surface area contributed by atoms with Crippen molar-refractivity contribution in [3.63, 3.8) is 0 Å². The molecule has 1 N–H and O–H groups in total. The Morgan fingerprint density at radius 3 is 2.52 bits per heavy atom. The van der Waals surface area contributed by atoms with Crippen LogP contribution in [0.3, 0.4) is 0 Å². The van der Waals surface area contributed by atoms with E-state index < -0.39 is 0 Å². The summed E-state index contributed by atoms with van der Waals surface area (Å²) >= 11 is 0. The fourth-order valence-corrected chi connectivity index (χ4v) is 2.97. The predicted octanol–water partition coefficient (Wildman–Crippen LogP) is 5.35. The minimum Gasteiger partial charge on any atom is -0.506 e. The molecule has 134 valence electrons. The van der Waals surface area contributed by atoms with Gasteiger partial charge in [0.1, 0.15) is 28.5 Å². The molecule has 4 nitrogen and oxygen atoms in total.